The average Bonchev–Trinajstić information content (AvgIpc) is 2.30. The lowest BCUT2D eigenvalue weighted by atomic mass is 9.89. The number of ketones is 2. The van der Waals surface area contributed by atoms with E-state index in [-0.39, 0.29) is 24.4 Å². The van der Waals surface area contributed by atoms with Crippen LogP contribution in [0.2, 0.25) is 0 Å². The summed E-state index contributed by atoms with van der Waals surface area (Å²) >= 11 is 0. The summed E-state index contributed by atoms with van der Waals surface area (Å²) in [5.74, 6) is -4.31. The van der Waals surface area contributed by atoms with E-state index in [0.717, 1.165) is 0 Å². The van der Waals surface area contributed by atoms with Crippen molar-refractivity contribution in [2.24, 2.45) is 11.8 Å². The minimum atomic E-state index is -1.10. The second-order valence-corrected chi connectivity index (χ2v) is 3.53. The van der Waals surface area contributed by atoms with Gasteiger partial charge in [0, 0.05) is 12.8 Å². The first-order valence-corrected chi connectivity index (χ1v) is 4.46. The molecule has 1 saturated carbocycles. The fourth-order valence-electron chi connectivity index (χ4n) is 1.93. The number of carbonyl (C=O) groups excluding carboxylic acids is 4. The number of carbonyl (C=O) groups is 4. The molecule has 0 N–H and O–H groups in total. The quantitative estimate of drug-likeness (QED) is 0.374. The highest BCUT2D eigenvalue weighted by atomic mass is 16.2. The standard InChI is InChI=1S/C9H8NO4/c11-4-2-1-3-5(12)7-6(4)8(13)10-9(7)14/h6-7H,1-3H2. The molecule has 1 aliphatic heterocycles. The Morgan fingerprint density at radius 1 is 0.857 bits per heavy atom. The summed E-state index contributed by atoms with van der Waals surface area (Å²) in [4.78, 5) is 45.2. The van der Waals surface area contributed by atoms with Crippen LogP contribution in [0, 0.1) is 11.8 Å². The van der Waals surface area contributed by atoms with E-state index in [0.29, 0.717) is 6.42 Å². The molecule has 2 aliphatic rings. The highest BCUT2D eigenvalue weighted by Crippen LogP contribution is 2.28. The fraction of sp³-hybridized carbons (Fsp3) is 0.556. The van der Waals surface area contributed by atoms with Gasteiger partial charge in [0.15, 0.2) is 0 Å². The van der Waals surface area contributed by atoms with Gasteiger partial charge in [0.2, 0.25) is 0 Å². The van der Waals surface area contributed by atoms with Gasteiger partial charge in [0.25, 0.3) is 11.8 Å². The molecule has 1 aliphatic carbocycles. The maximum Gasteiger partial charge on any atom is 0.260 e. The first-order chi connectivity index (χ1) is 6.61. The smallest absolute Gasteiger partial charge is 0.260 e. The summed E-state index contributed by atoms with van der Waals surface area (Å²) in [5.41, 5.74) is 0. The van der Waals surface area contributed by atoms with Gasteiger partial charge in [0.05, 0.1) is 0 Å². The molecule has 73 valence electrons. The molecule has 2 rings (SSSR count). The largest absolute Gasteiger partial charge is 0.299 e. The Labute approximate surface area is 79.8 Å². The van der Waals surface area contributed by atoms with Gasteiger partial charge in [0.1, 0.15) is 23.4 Å². The Morgan fingerprint density at radius 3 is 1.71 bits per heavy atom. The molecule has 1 radical (unpaired) electrons. The van der Waals surface area contributed by atoms with Gasteiger partial charge in [-0.05, 0) is 6.42 Å². The van der Waals surface area contributed by atoms with Gasteiger partial charge in [-0.25, -0.2) is 0 Å². The van der Waals surface area contributed by atoms with Crippen LogP contribution in [0.3, 0.4) is 0 Å². The zero-order chi connectivity index (χ0) is 10.3. The van der Waals surface area contributed by atoms with E-state index in [1.807, 2.05) is 0 Å². The fourth-order valence-corrected chi connectivity index (χ4v) is 1.93. The number of fused-ring (bicyclic) bond motifs is 1. The third-order valence-electron chi connectivity index (χ3n) is 2.63. The second kappa shape index (κ2) is 3.01. The lowest BCUT2D eigenvalue weighted by Gasteiger charge is -2.06. The number of Topliss-reactive ketones (excluding diaryl/α,β-unsaturated/α-hetero) is 2. The molecule has 0 aromatic carbocycles. The molecule has 1 saturated heterocycles. The molecule has 14 heavy (non-hydrogen) atoms. The van der Waals surface area contributed by atoms with Crippen LogP contribution in [0.5, 0.6) is 0 Å². The van der Waals surface area contributed by atoms with Crippen LogP contribution in [0.25, 0.3) is 0 Å². The van der Waals surface area contributed by atoms with E-state index in [2.05, 4.69) is 5.32 Å². The number of hydrogen-bond donors (Lipinski definition) is 0. The van der Waals surface area contributed by atoms with Crippen molar-refractivity contribution in [3.05, 3.63) is 0 Å². The zero-order valence-electron chi connectivity index (χ0n) is 7.36. The summed E-state index contributed by atoms with van der Waals surface area (Å²) < 4.78 is 0. The molecule has 2 fully saturated rings. The molecule has 0 spiro atoms. The number of amides is 2. The minimum absolute atomic E-state index is 0.196. The van der Waals surface area contributed by atoms with Gasteiger partial charge < -0.3 is 0 Å². The van der Waals surface area contributed by atoms with Gasteiger partial charge >= 0.3 is 0 Å². The number of imide groups is 1. The number of rotatable bonds is 0. The zero-order valence-corrected chi connectivity index (χ0v) is 7.36. The van der Waals surface area contributed by atoms with Crippen LogP contribution in [0.15, 0.2) is 0 Å². The van der Waals surface area contributed by atoms with Gasteiger partial charge in [-0.2, -0.15) is 5.32 Å². The van der Waals surface area contributed by atoms with Crippen molar-refractivity contribution in [3.8, 4) is 0 Å². The highest BCUT2D eigenvalue weighted by molar-refractivity contribution is 6.22. The van der Waals surface area contributed by atoms with Crippen molar-refractivity contribution in [1.29, 1.82) is 0 Å². The van der Waals surface area contributed by atoms with Crippen molar-refractivity contribution in [2.45, 2.75) is 19.3 Å². The number of hydrogen-bond acceptors (Lipinski definition) is 4. The molecule has 2 unspecified atom stereocenters. The molecule has 2 atom stereocenters. The Morgan fingerprint density at radius 2 is 1.29 bits per heavy atom. The third-order valence-corrected chi connectivity index (χ3v) is 2.63. The molecule has 0 aromatic heterocycles. The maximum absolute atomic E-state index is 11.4. The first kappa shape index (κ1) is 9.05. The Hall–Kier alpha value is -1.52. The molecule has 0 bridgehead atoms. The highest BCUT2D eigenvalue weighted by Gasteiger charge is 2.51. The Balaban J connectivity index is 2.40. The van der Waals surface area contributed by atoms with E-state index in [1.54, 1.807) is 0 Å². The Bertz CT molecular complexity index is 315. The summed E-state index contributed by atoms with van der Waals surface area (Å²) in [5, 5.41) is 3.16. The van der Waals surface area contributed by atoms with Crippen LogP contribution in [-0.4, -0.2) is 23.4 Å². The van der Waals surface area contributed by atoms with E-state index in [9.17, 15) is 19.2 Å². The molecule has 5 nitrogen and oxygen atoms in total. The molecule has 2 amide bonds. The summed E-state index contributed by atoms with van der Waals surface area (Å²) in [6, 6.07) is 0. The lowest BCUT2D eigenvalue weighted by molar-refractivity contribution is -0.137. The Kier molecular flexibility index (Phi) is 1.94. The first-order valence-electron chi connectivity index (χ1n) is 4.46. The van der Waals surface area contributed by atoms with E-state index >= 15 is 0 Å². The second-order valence-electron chi connectivity index (χ2n) is 3.53. The van der Waals surface area contributed by atoms with E-state index in [1.165, 1.54) is 0 Å². The summed E-state index contributed by atoms with van der Waals surface area (Å²) in [6.07, 6.45) is 0.827. The van der Waals surface area contributed by atoms with Crippen molar-refractivity contribution >= 4 is 23.4 Å². The normalized spacial score (nSPS) is 32.6. The van der Waals surface area contributed by atoms with Crippen LogP contribution in [0.4, 0.5) is 0 Å². The van der Waals surface area contributed by atoms with Crippen LogP contribution < -0.4 is 5.32 Å². The van der Waals surface area contributed by atoms with Crippen molar-refractivity contribution < 1.29 is 19.2 Å². The van der Waals surface area contributed by atoms with Gasteiger partial charge in [-0.1, -0.05) is 0 Å². The van der Waals surface area contributed by atoms with Crippen molar-refractivity contribution in [3.63, 3.8) is 0 Å². The van der Waals surface area contributed by atoms with Crippen LogP contribution >= 0.6 is 0 Å². The topological polar surface area (TPSA) is 82.4 Å². The van der Waals surface area contributed by atoms with Crippen molar-refractivity contribution in [1.82, 2.24) is 5.32 Å². The van der Waals surface area contributed by atoms with Gasteiger partial charge in [-0.3, -0.25) is 19.2 Å². The van der Waals surface area contributed by atoms with Crippen molar-refractivity contribution in [2.75, 3.05) is 0 Å². The number of nitrogens with zero attached hydrogens (tertiary/aromatic N) is 1. The average molecular weight is 194 g/mol. The maximum atomic E-state index is 11.4. The SMILES string of the molecule is O=C1CCCC(=O)C2C(=O)[N]C(=O)C12. The molecular formula is C9H8NO4. The molecule has 0 aromatic rings. The van der Waals surface area contributed by atoms with Crippen LogP contribution in [-0.2, 0) is 19.2 Å². The predicted molar refractivity (Wildman–Crippen MR) is 43.0 cm³/mol. The summed E-state index contributed by atoms with van der Waals surface area (Å²) in [7, 11) is 0. The predicted octanol–water partition coefficient (Wildman–Crippen LogP) is -0.788. The monoisotopic (exact) mass is 194 g/mol. The van der Waals surface area contributed by atoms with E-state index in [4.69, 9.17) is 0 Å². The van der Waals surface area contributed by atoms with E-state index < -0.39 is 23.7 Å². The third kappa shape index (κ3) is 1.16. The summed E-state index contributed by atoms with van der Waals surface area (Å²) in [6.45, 7) is 0. The van der Waals surface area contributed by atoms with Gasteiger partial charge in [-0.15, -0.1) is 0 Å². The van der Waals surface area contributed by atoms with Crippen LogP contribution in [0.1, 0.15) is 19.3 Å². The lowest BCUT2D eigenvalue weighted by Crippen LogP contribution is -2.29. The minimum Gasteiger partial charge on any atom is -0.299 e. The molecular weight excluding hydrogens is 186 g/mol. The molecule has 1 heterocycles. The molecule has 5 heteroatoms.